The molecule has 0 aliphatic carbocycles. The van der Waals surface area contributed by atoms with E-state index in [1.54, 1.807) is 0 Å². The Morgan fingerprint density at radius 3 is 1.52 bits per heavy atom. The van der Waals surface area contributed by atoms with Gasteiger partial charge < -0.3 is 27.9 Å². The number of likely N-dealkylation sites (N-methyl/N-ethyl adjacent to an activating group) is 1. The number of quaternary nitrogens is 1. The highest BCUT2D eigenvalue weighted by atomic mass is 31.2. The summed E-state index contributed by atoms with van der Waals surface area (Å²) in [4.78, 5) is 24.9. The lowest BCUT2D eigenvalue weighted by Crippen LogP contribution is -2.37. The number of nitrogens with zero attached hydrogens (tertiary/aromatic N) is 1. The van der Waals surface area contributed by atoms with Gasteiger partial charge in [-0.1, -0.05) is 166 Å². The van der Waals surface area contributed by atoms with Gasteiger partial charge in [-0.25, -0.2) is 0 Å². The molecule has 0 fully saturated rings. The van der Waals surface area contributed by atoms with E-state index in [2.05, 4.69) is 50.3 Å². The third-order valence-corrected chi connectivity index (χ3v) is 10.4. The first-order chi connectivity index (χ1) is 26.1. The molecule has 0 aromatic rings. The van der Waals surface area contributed by atoms with E-state index in [9.17, 15) is 14.3 Å². The van der Waals surface area contributed by atoms with Crippen LogP contribution < -0.4 is 4.89 Å². The first-order valence-electron chi connectivity index (χ1n) is 22.2. The van der Waals surface area contributed by atoms with Crippen molar-refractivity contribution in [2.45, 2.75) is 193 Å². The number of carbonyl (C=O) groups is 1. The van der Waals surface area contributed by atoms with Crippen molar-refractivity contribution < 1.29 is 37.3 Å². The molecule has 0 heterocycles. The Balaban J connectivity index is 4.03. The van der Waals surface area contributed by atoms with Crippen molar-refractivity contribution in [3.63, 3.8) is 0 Å². The Bertz CT molecular complexity index is 962. The standard InChI is InChI=1S/C45H86NO7P/c1-6-8-10-12-14-15-16-17-18-19-20-21-22-23-24-25-26-27-28-29-30-31-32-34-36-38-45(47)53-44(42-50-40-37-35-33-13-11-9-7-2)43-52-54(48,49)51-41-39-46(3,4)5/h16-17,19-20,22-23,44H,6-15,18,21,24-43H2,1-5H3/b17-16-,20-19-,23-22-. The maximum absolute atomic E-state index is 12.6. The van der Waals surface area contributed by atoms with Crippen LogP contribution in [0.2, 0.25) is 0 Å². The summed E-state index contributed by atoms with van der Waals surface area (Å²) in [6, 6.07) is 0. The number of hydrogen-bond donors (Lipinski definition) is 0. The number of unbranched alkanes of at least 4 members (excludes halogenated alkanes) is 21. The molecule has 0 aromatic carbocycles. The Labute approximate surface area is 334 Å². The molecule has 0 aromatic heterocycles. The zero-order valence-electron chi connectivity index (χ0n) is 35.9. The third-order valence-electron chi connectivity index (χ3n) is 9.44. The van der Waals surface area contributed by atoms with E-state index >= 15 is 0 Å². The van der Waals surface area contributed by atoms with Crippen LogP contribution in [0.1, 0.15) is 187 Å². The number of rotatable bonds is 41. The van der Waals surface area contributed by atoms with Gasteiger partial charge in [0.15, 0.2) is 0 Å². The van der Waals surface area contributed by atoms with Crippen LogP contribution in [0.4, 0.5) is 0 Å². The van der Waals surface area contributed by atoms with E-state index in [0.717, 1.165) is 44.9 Å². The molecule has 0 saturated heterocycles. The van der Waals surface area contributed by atoms with Crippen molar-refractivity contribution in [3.05, 3.63) is 36.5 Å². The first-order valence-corrected chi connectivity index (χ1v) is 23.7. The van der Waals surface area contributed by atoms with Gasteiger partial charge in [-0.15, -0.1) is 0 Å². The van der Waals surface area contributed by atoms with Crippen LogP contribution in [-0.4, -0.2) is 70.7 Å². The predicted molar refractivity (Wildman–Crippen MR) is 227 cm³/mol. The zero-order chi connectivity index (χ0) is 39.9. The average Bonchev–Trinajstić information content (AvgIpc) is 3.12. The Morgan fingerprint density at radius 1 is 0.574 bits per heavy atom. The van der Waals surface area contributed by atoms with Gasteiger partial charge in [0.25, 0.3) is 7.82 Å². The maximum Gasteiger partial charge on any atom is 0.306 e. The fraction of sp³-hybridized carbons (Fsp3) is 0.844. The highest BCUT2D eigenvalue weighted by Gasteiger charge is 2.20. The molecule has 2 unspecified atom stereocenters. The van der Waals surface area contributed by atoms with Crippen LogP contribution >= 0.6 is 7.82 Å². The second-order valence-electron chi connectivity index (χ2n) is 16.1. The molecule has 0 saturated carbocycles. The molecule has 54 heavy (non-hydrogen) atoms. The van der Waals surface area contributed by atoms with Crippen molar-refractivity contribution in [2.24, 2.45) is 0 Å². The van der Waals surface area contributed by atoms with Gasteiger partial charge in [-0.2, -0.15) is 0 Å². The minimum absolute atomic E-state index is 0.0257. The summed E-state index contributed by atoms with van der Waals surface area (Å²) in [6.45, 7) is 5.37. The number of phosphoric acid groups is 1. The van der Waals surface area contributed by atoms with Crippen molar-refractivity contribution >= 4 is 13.8 Å². The largest absolute Gasteiger partial charge is 0.756 e. The molecule has 9 heteroatoms. The quantitative estimate of drug-likeness (QED) is 0.0200. The summed E-state index contributed by atoms with van der Waals surface area (Å²) in [5.41, 5.74) is 0. The van der Waals surface area contributed by atoms with Gasteiger partial charge in [0.2, 0.25) is 0 Å². The third kappa shape index (κ3) is 41.9. The number of carbonyl (C=O) groups excluding carboxylic acids is 1. The van der Waals surface area contributed by atoms with Crippen molar-refractivity contribution in [2.75, 3.05) is 54.1 Å². The lowest BCUT2D eigenvalue weighted by molar-refractivity contribution is -0.870. The molecule has 2 atom stereocenters. The molecule has 0 N–H and O–H groups in total. The lowest BCUT2D eigenvalue weighted by atomic mass is 10.0. The van der Waals surface area contributed by atoms with Crippen molar-refractivity contribution in [1.82, 2.24) is 0 Å². The van der Waals surface area contributed by atoms with Crippen molar-refractivity contribution in [1.29, 1.82) is 0 Å². The van der Waals surface area contributed by atoms with Crippen LogP contribution in [0.25, 0.3) is 0 Å². The monoisotopic (exact) mass is 784 g/mol. The number of phosphoric ester groups is 1. The van der Waals surface area contributed by atoms with Crippen LogP contribution in [0.3, 0.4) is 0 Å². The van der Waals surface area contributed by atoms with E-state index in [1.165, 1.54) is 122 Å². The van der Waals surface area contributed by atoms with E-state index in [-0.39, 0.29) is 25.8 Å². The minimum Gasteiger partial charge on any atom is -0.756 e. The molecule has 0 rings (SSSR count). The lowest BCUT2D eigenvalue weighted by Gasteiger charge is -2.28. The van der Waals surface area contributed by atoms with Gasteiger partial charge in [0, 0.05) is 13.0 Å². The Kier molecular flexibility index (Phi) is 37.7. The van der Waals surface area contributed by atoms with Crippen LogP contribution in [0.15, 0.2) is 36.5 Å². The van der Waals surface area contributed by atoms with E-state index < -0.39 is 13.9 Å². The minimum atomic E-state index is -4.51. The van der Waals surface area contributed by atoms with Crippen LogP contribution in [-0.2, 0) is 27.9 Å². The van der Waals surface area contributed by atoms with E-state index in [1.807, 2.05) is 21.1 Å². The highest BCUT2D eigenvalue weighted by molar-refractivity contribution is 7.45. The molecule has 0 spiro atoms. The Morgan fingerprint density at radius 2 is 1.02 bits per heavy atom. The molecule has 0 radical (unpaired) electrons. The topological polar surface area (TPSA) is 94.1 Å². The van der Waals surface area contributed by atoms with Gasteiger partial charge in [-0.05, 0) is 51.4 Å². The summed E-state index contributed by atoms with van der Waals surface area (Å²) in [5, 5.41) is 0. The smallest absolute Gasteiger partial charge is 0.306 e. The van der Waals surface area contributed by atoms with Crippen LogP contribution in [0.5, 0.6) is 0 Å². The normalized spacial score (nSPS) is 14.1. The predicted octanol–water partition coefficient (Wildman–Crippen LogP) is 12.4. The molecule has 0 aliphatic heterocycles. The number of hydrogen-bond acceptors (Lipinski definition) is 7. The fourth-order valence-electron chi connectivity index (χ4n) is 5.96. The first kappa shape index (κ1) is 52.7. The molecule has 318 valence electrons. The van der Waals surface area contributed by atoms with Gasteiger partial charge in [-0.3, -0.25) is 9.36 Å². The molecular formula is C45H86NO7P. The molecule has 0 bridgehead atoms. The summed E-state index contributed by atoms with van der Waals surface area (Å²) in [7, 11) is 1.35. The summed E-state index contributed by atoms with van der Waals surface area (Å²) in [6.07, 6.45) is 44.6. The summed E-state index contributed by atoms with van der Waals surface area (Å²) >= 11 is 0. The molecular weight excluding hydrogens is 697 g/mol. The van der Waals surface area contributed by atoms with Gasteiger partial charge in [0.1, 0.15) is 19.3 Å². The van der Waals surface area contributed by atoms with Crippen molar-refractivity contribution in [3.8, 4) is 0 Å². The summed E-state index contributed by atoms with van der Waals surface area (Å²) < 4.78 is 34.4. The molecule has 0 aliphatic rings. The van der Waals surface area contributed by atoms with Gasteiger partial charge in [0.05, 0.1) is 34.4 Å². The van der Waals surface area contributed by atoms with E-state index in [4.69, 9.17) is 18.5 Å². The molecule has 0 amide bonds. The SMILES string of the molecule is CCCCCCC/C=C\C/C=C\C/C=C\CCCCCCCCCCCCC(=O)OC(COCCCCCCCCC)COP(=O)([O-])OCC[N+](C)(C)C. The number of allylic oxidation sites excluding steroid dienone is 6. The highest BCUT2D eigenvalue weighted by Crippen LogP contribution is 2.38. The maximum atomic E-state index is 12.6. The van der Waals surface area contributed by atoms with Gasteiger partial charge >= 0.3 is 5.97 Å². The zero-order valence-corrected chi connectivity index (χ0v) is 36.8. The fourth-order valence-corrected chi connectivity index (χ4v) is 6.69. The van der Waals surface area contributed by atoms with E-state index in [0.29, 0.717) is 24.1 Å². The number of esters is 1. The second-order valence-corrected chi connectivity index (χ2v) is 17.5. The summed E-state index contributed by atoms with van der Waals surface area (Å²) in [5.74, 6) is -0.340. The van der Waals surface area contributed by atoms with Crippen LogP contribution in [0, 0.1) is 0 Å². The number of ether oxygens (including phenoxy) is 2. The molecule has 8 nitrogen and oxygen atoms in total. The Hall–Kier alpha value is -1.28. The second kappa shape index (κ2) is 38.6. The average molecular weight is 784 g/mol.